The van der Waals surface area contributed by atoms with Crippen molar-refractivity contribution in [3.05, 3.63) is 48.3 Å². The van der Waals surface area contributed by atoms with Crippen molar-refractivity contribution in [2.24, 2.45) is 0 Å². The maximum atomic E-state index is 13.3. The Morgan fingerprint density at radius 1 is 1.00 bits per heavy atom. The Morgan fingerprint density at radius 2 is 1.63 bits per heavy atom. The van der Waals surface area contributed by atoms with Gasteiger partial charge in [-0.15, -0.1) is 0 Å². The van der Waals surface area contributed by atoms with E-state index in [0.29, 0.717) is 0 Å². The van der Waals surface area contributed by atoms with Crippen LogP contribution in [0.2, 0.25) is 0 Å². The number of amides is 1. The highest BCUT2D eigenvalue weighted by Gasteiger charge is 2.73. The van der Waals surface area contributed by atoms with Crippen LogP contribution in [-0.4, -0.2) is 64.2 Å². The summed E-state index contributed by atoms with van der Waals surface area (Å²) in [6.45, 7) is -1.80. The van der Waals surface area contributed by atoms with Gasteiger partial charge in [0.25, 0.3) is 15.9 Å². The molecule has 1 aromatic heterocycles. The molecule has 2 rings (SSSR count). The van der Waals surface area contributed by atoms with E-state index in [0.717, 1.165) is 30.5 Å². The number of benzene rings is 1. The molecule has 0 radical (unpaired) electrons. The summed E-state index contributed by atoms with van der Waals surface area (Å²) in [5.74, 6) is -13.0. The highest BCUT2D eigenvalue weighted by Crippen LogP contribution is 2.46. The van der Waals surface area contributed by atoms with Crippen LogP contribution >= 0.6 is 0 Å². The van der Waals surface area contributed by atoms with Crippen LogP contribution < -0.4 is 14.8 Å². The lowest BCUT2D eigenvalue weighted by Crippen LogP contribution is -2.54. The highest BCUT2D eigenvalue weighted by molar-refractivity contribution is 7.92. The first-order valence-corrected chi connectivity index (χ1v) is 10.9. The molecular weight excluding hydrogens is 515 g/mol. The minimum atomic E-state index is -6.50. The Hall–Kier alpha value is -3.14. The van der Waals surface area contributed by atoms with Crippen LogP contribution in [0.1, 0.15) is 10.5 Å². The van der Waals surface area contributed by atoms with Crippen molar-refractivity contribution in [3.63, 3.8) is 0 Å². The number of carbonyl (C=O) groups is 1. The molecule has 0 unspecified atom stereocenters. The second-order valence-corrected chi connectivity index (χ2v) is 8.51. The van der Waals surface area contributed by atoms with Crippen LogP contribution in [0, 0.1) is 0 Å². The van der Waals surface area contributed by atoms with Crippen molar-refractivity contribution in [2.75, 3.05) is 31.6 Å². The Kier molecular flexibility index (Phi) is 8.54. The largest absolute Gasteiger partial charge is 0.487 e. The molecule has 194 valence electrons. The van der Waals surface area contributed by atoms with Gasteiger partial charge in [-0.05, 0) is 36.4 Å². The standard InChI is InChI=1S/C19H18F7N3O5S/c1-33-9-8-27-16(30)15-7-2-12(10-28-15)29-35(31,32)14-5-3-13(4-6-14)34-11-17(20,21)18(22,23)19(24,25)26/h2-7,10,29H,8-9,11H2,1H3,(H,27,30). The van der Waals surface area contributed by atoms with Crippen LogP contribution in [0.3, 0.4) is 0 Å². The van der Waals surface area contributed by atoms with Crippen molar-refractivity contribution in [3.8, 4) is 5.75 Å². The van der Waals surface area contributed by atoms with E-state index in [9.17, 15) is 43.9 Å². The molecule has 0 spiro atoms. The topological polar surface area (TPSA) is 107 Å². The third-order valence-corrected chi connectivity index (χ3v) is 5.61. The van der Waals surface area contributed by atoms with E-state index in [1.54, 1.807) is 0 Å². The molecule has 1 aromatic carbocycles. The van der Waals surface area contributed by atoms with E-state index in [1.807, 2.05) is 0 Å². The number of halogens is 7. The number of pyridine rings is 1. The molecule has 0 saturated heterocycles. The molecule has 8 nitrogen and oxygen atoms in total. The average molecular weight is 533 g/mol. The zero-order valence-corrected chi connectivity index (χ0v) is 18.5. The first-order chi connectivity index (χ1) is 16.1. The zero-order valence-electron chi connectivity index (χ0n) is 17.7. The predicted molar refractivity (Wildman–Crippen MR) is 107 cm³/mol. The number of hydrogen-bond donors (Lipinski definition) is 2. The van der Waals surface area contributed by atoms with Gasteiger partial charge in [-0.1, -0.05) is 0 Å². The minimum Gasteiger partial charge on any atom is -0.487 e. The number of aromatic nitrogens is 1. The van der Waals surface area contributed by atoms with Gasteiger partial charge < -0.3 is 14.8 Å². The number of anilines is 1. The van der Waals surface area contributed by atoms with Gasteiger partial charge in [-0.25, -0.2) is 13.4 Å². The number of rotatable bonds is 11. The van der Waals surface area contributed by atoms with Crippen molar-refractivity contribution >= 4 is 21.6 Å². The smallest absolute Gasteiger partial charge is 0.460 e. The Labute approximate surface area is 194 Å². The number of methoxy groups -OCH3 is 1. The molecule has 1 amide bonds. The number of nitrogens with zero attached hydrogens (tertiary/aromatic N) is 1. The molecule has 2 aromatic rings. The van der Waals surface area contributed by atoms with Gasteiger partial charge in [0.05, 0.1) is 23.4 Å². The number of nitrogens with one attached hydrogen (secondary N) is 2. The molecule has 0 fully saturated rings. The molecule has 0 aliphatic heterocycles. The zero-order chi connectivity index (χ0) is 26.5. The summed E-state index contributed by atoms with van der Waals surface area (Å²) in [6.07, 6.45) is -5.44. The van der Waals surface area contributed by atoms with E-state index in [2.05, 4.69) is 19.8 Å². The molecule has 0 bridgehead atoms. The average Bonchev–Trinajstić information content (AvgIpc) is 2.77. The molecule has 0 atom stereocenters. The van der Waals surface area contributed by atoms with Crippen molar-refractivity contribution in [1.29, 1.82) is 0 Å². The fourth-order valence-corrected chi connectivity index (χ4v) is 3.39. The highest BCUT2D eigenvalue weighted by atomic mass is 32.2. The summed E-state index contributed by atoms with van der Waals surface area (Å²) in [5.41, 5.74) is -0.0359. The van der Waals surface area contributed by atoms with Crippen LogP contribution in [0.15, 0.2) is 47.5 Å². The number of hydrogen-bond acceptors (Lipinski definition) is 6. The first-order valence-electron chi connectivity index (χ1n) is 9.42. The van der Waals surface area contributed by atoms with E-state index in [1.165, 1.54) is 19.2 Å². The summed E-state index contributed by atoms with van der Waals surface area (Å²) in [4.78, 5) is 15.3. The van der Waals surface area contributed by atoms with Gasteiger partial charge >= 0.3 is 18.0 Å². The Bertz CT molecular complexity index is 1110. The van der Waals surface area contributed by atoms with Gasteiger partial charge in [0, 0.05) is 13.7 Å². The lowest BCUT2D eigenvalue weighted by Gasteiger charge is -2.27. The third kappa shape index (κ3) is 6.94. The summed E-state index contributed by atoms with van der Waals surface area (Å²) in [6, 6.07) is 5.78. The molecule has 0 aliphatic carbocycles. The number of sulfonamides is 1. The van der Waals surface area contributed by atoms with Crippen molar-refractivity contribution < 1.29 is 53.4 Å². The first kappa shape index (κ1) is 28.1. The van der Waals surface area contributed by atoms with Crippen LogP contribution in [0.5, 0.6) is 5.75 Å². The van der Waals surface area contributed by atoms with Crippen LogP contribution in [0.25, 0.3) is 0 Å². The van der Waals surface area contributed by atoms with Gasteiger partial charge in [-0.3, -0.25) is 9.52 Å². The third-order valence-electron chi connectivity index (χ3n) is 4.21. The number of ether oxygens (including phenoxy) is 2. The lowest BCUT2D eigenvalue weighted by molar-refractivity contribution is -0.358. The molecule has 1 heterocycles. The number of alkyl halides is 7. The molecular formula is C19H18F7N3O5S. The minimum absolute atomic E-state index is 0.00143. The Balaban J connectivity index is 2.03. The van der Waals surface area contributed by atoms with E-state index in [-0.39, 0.29) is 24.5 Å². The Morgan fingerprint density at radius 3 is 2.14 bits per heavy atom. The fourth-order valence-electron chi connectivity index (χ4n) is 2.35. The molecule has 2 N–H and O–H groups in total. The second kappa shape index (κ2) is 10.6. The monoisotopic (exact) mass is 533 g/mol. The van der Waals surface area contributed by atoms with Gasteiger partial charge in [0.2, 0.25) is 0 Å². The fraction of sp³-hybridized carbons (Fsp3) is 0.368. The maximum Gasteiger partial charge on any atom is 0.460 e. The van der Waals surface area contributed by atoms with Gasteiger partial charge in [0.15, 0.2) is 6.61 Å². The normalized spacial score (nSPS) is 12.8. The summed E-state index contributed by atoms with van der Waals surface area (Å²) in [7, 11) is -2.80. The summed E-state index contributed by atoms with van der Waals surface area (Å²) >= 11 is 0. The van der Waals surface area contributed by atoms with E-state index in [4.69, 9.17) is 4.74 Å². The van der Waals surface area contributed by atoms with Gasteiger partial charge in [0.1, 0.15) is 11.4 Å². The van der Waals surface area contributed by atoms with E-state index < -0.39 is 51.2 Å². The second-order valence-electron chi connectivity index (χ2n) is 6.82. The summed E-state index contributed by atoms with van der Waals surface area (Å²) in [5, 5.41) is 2.51. The summed E-state index contributed by atoms with van der Waals surface area (Å²) < 4.78 is 125. The van der Waals surface area contributed by atoms with E-state index >= 15 is 0 Å². The molecule has 35 heavy (non-hydrogen) atoms. The van der Waals surface area contributed by atoms with Crippen LogP contribution in [-0.2, 0) is 14.8 Å². The quantitative estimate of drug-likeness (QED) is 0.339. The maximum absolute atomic E-state index is 13.3. The predicted octanol–water partition coefficient (Wildman–Crippen LogP) is 3.47. The molecule has 0 saturated carbocycles. The van der Waals surface area contributed by atoms with Crippen molar-refractivity contribution in [1.82, 2.24) is 10.3 Å². The van der Waals surface area contributed by atoms with Crippen LogP contribution in [0.4, 0.5) is 36.4 Å². The van der Waals surface area contributed by atoms with Gasteiger partial charge in [-0.2, -0.15) is 30.7 Å². The molecule has 16 heteroatoms. The lowest BCUT2D eigenvalue weighted by atomic mass is 10.2. The SMILES string of the molecule is COCCNC(=O)c1ccc(NS(=O)(=O)c2ccc(OCC(F)(F)C(F)(F)C(F)(F)F)cc2)cn1. The van der Waals surface area contributed by atoms with Crippen molar-refractivity contribution in [2.45, 2.75) is 22.9 Å². The molecule has 0 aliphatic rings. The number of carbonyl (C=O) groups excluding carboxylic acids is 1.